The van der Waals surface area contributed by atoms with E-state index in [0.717, 1.165) is 25.0 Å². The van der Waals surface area contributed by atoms with Gasteiger partial charge in [0, 0.05) is 19.7 Å². The van der Waals surface area contributed by atoms with Gasteiger partial charge in [0.15, 0.2) is 5.60 Å². The summed E-state index contributed by atoms with van der Waals surface area (Å²) >= 11 is 0. The summed E-state index contributed by atoms with van der Waals surface area (Å²) in [6.45, 7) is 2.50. The van der Waals surface area contributed by atoms with Gasteiger partial charge in [-0.05, 0) is 78.1 Å². The molecule has 0 bridgehead atoms. The molecule has 1 aliphatic heterocycles. The fourth-order valence-corrected chi connectivity index (χ4v) is 5.15. The Morgan fingerprint density at radius 2 is 1.56 bits per heavy atom. The van der Waals surface area contributed by atoms with Gasteiger partial charge in [-0.3, -0.25) is 4.90 Å². The van der Waals surface area contributed by atoms with Crippen molar-refractivity contribution in [3.63, 3.8) is 0 Å². The van der Waals surface area contributed by atoms with Crippen LogP contribution in [-0.2, 0) is 23.4 Å². The molecule has 1 N–H and O–H groups in total. The van der Waals surface area contributed by atoms with Crippen molar-refractivity contribution in [3.05, 3.63) is 119 Å². The van der Waals surface area contributed by atoms with Gasteiger partial charge in [0.05, 0.1) is 26.9 Å². The topological polar surface area (TPSA) is 64.3 Å². The summed E-state index contributed by atoms with van der Waals surface area (Å²) in [5.41, 5.74) is 0.627. The molecule has 0 radical (unpaired) electrons. The summed E-state index contributed by atoms with van der Waals surface area (Å²) in [5, 5.41) is 12.2. The van der Waals surface area contributed by atoms with Crippen molar-refractivity contribution in [2.45, 2.75) is 37.6 Å². The SMILES string of the molecule is COc1ccc(C(O)(c2ccc(OC)cc2)c2ccc(CN(Cc3cccc(F)c3)CC3CCCO3)o2)cc1. The molecular formula is C32H34FNO5. The number of hydrogen-bond donors (Lipinski definition) is 1. The van der Waals surface area contributed by atoms with Crippen molar-refractivity contribution in [3.8, 4) is 11.5 Å². The number of aliphatic hydroxyl groups is 1. The Morgan fingerprint density at radius 3 is 2.13 bits per heavy atom. The largest absolute Gasteiger partial charge is 0.497 e. The van der Waals surface area contributed by atoms with E-state index in [0.29, 0.717) is 53.8 Å². The van der Waals surface area contributed by atoms with Crippen LogP contribution in [-0.4, -0.2) is 43.5 Å². The van der Waals surface area contributed by atoms with E-state index in [4.69, 9.17) is 18.6 Å². The normalized spacial score (nSPS) is 15.6. The van der Waals surface area contributed by atoms with Crippen LogP contribution < -0.4 is 9.47 Å². The Labute approximate surface area is 228 Å². The third kappa shape index (κ3) is 6.17. The molecule has 6 nitrogen and oxygen atoms in total. The lowest BCUT2D eigenvalue weighted by Gasteiger charge is -2.28. The van der Waals surface area contributed by atoms with Gasteiger partial charge in [0.25, 0.3) is 0 Å². The van der Waals surface area contributed by atoms with Crippen molar-refractivity contribution in [1.82, 2.24) is 4.90 Å². The van der Waals surface area contributed by atoms with E-state index < -0.39 is 5.60 Å². The molecule has 1 aliphatic rings. The van der Waals surface area contributed by atoms with Crippen LogP contribution in [0.1, 0.15) is 41.1 Å². The van der Waals surface area contributed by atoms with E-state index in [-0.39, 0.29) is 11.9 Å². The molecule has 204 valence electrons. The molecule has 1 aromatic heterocycles. The molecule has 2 heterocycles. The van der Waals surface area contributed by atoms with Gasteiger partial charge < -0.3 is 23.7 Å². The summed E-state index contributed by atoms with van der Waals surface area (Å²) in [6.07, 6.45) is 2.17. The lowest BCUT2D eigenvalue weighted by Crippen LogP contribution is -2.31. The highest BCUT2D eigenvalue weighted by molar-refractivity contribution is 5.46. The number of hydrogen-bond acceptors (Lipinski definition) is 6. The van der Waals surface area contributed by atoms with Crippen LogP contribution in [0.3, 0.4) is 0 Å². The van der Waals surface area contributed by atoms with E-state index >= 15 is 0 Å². The average Bonchev–Trinajstić information content (AvgIpc) is 3.65. The second kappa shape index (κ2) is 12.0. The molecule has 1 fully saturated rings. The molecule has 0 aliphatic carbocycles. The zero-order valence-electron chi connectivity index (χ0n) is 22.3. The number of halogens is 1. The minimum Gasteiger partial charge on any atom is -0.497 e. The summed E-state index contributed by atoms with van der Waals surface area (Å²) < 4.78 is 36.8. The van der Waals surface area contributed by atoms with Crippen molar-refractivity contribution in [2.24, 2.45) is 0 Å². The number of benzene rings is 3. The fourth-order valence-electron chi connectivity index (χ4n) is 5.15. The first-order chi connectivity index (χ1) is 19.0. The van der Waals surface area contributed by atoms with Gasteiger partial charge in [-0.15, -0.1) is 0 Å². The van der Waals surface area contributed by atoms with Gasteiger partial charge in [-0.1, -0.05) is 36.4 Å². The molecule has 0 saturated carbocycles. The number of furan rings is 1. The lowest BCUT2D eigenvalue weighted by molar-refractivity contribution is 0.0629. The van der Waals surface area contributed by atoms with Gasteiger partial charge in [-0.2, -0.15) is 0 Å². The number of methoxy groups -OCH3 is 2. The molecular weight excluding hydrogens is 497 g/mol. The molecule has 39 heavy (non-hydrogen) atoms. The first kappa shape index (κ1) is 26.9. The van der Waals surface area contributed by atoms with Crippen LogP contribution in [0, 0.1) is 5.82 Å². The highest BCUT2D eigenvalue weighted by atomic mass is 19.1. The van der Waals surface area contributed by atoms with Crippen LogP contribution in [0.2, 0.25) is 0 Å². The van der Waals surface area contributed by atoms with Crippen molar-refractivity contribution >= 4 is 0 Å². The van der Waals surface area contributed by atoms with E-state index in [2.05, 4.69) is 4.90 Å². The standard InChI is InChI=1S/C32H34FNO5/c1-36-27-12-8-24(9-13-27)32(35,25-10-14-28(37-2)15-11-25)31-17-16-30(39-31)22-34(21-29-7-4-18-38-29)20-23-5-3-6-26(33)19-23/h3,5-6,8-17,19,29,35H,4,7,18,20-22H2,1-2H3. The smallest absolute Gasteiger partial charge is 0.173 e. The van der Waals surface area contributed by atoms with E-state index in [1.54, 1.807) is 26.4 Å². The van der Waals surface area contributed by atoms with Crippen molar-refractivity contribution < 1.29 is 28.1 Å². The zero-order chi connectivity index (χ0) is 27.2. The predicted molar refractivity (Wildman–Crippen MR) is 146 cm³/mol. The van der Waals surface area contributed by atoms with Crippen LogP contribution in [0.5, 0.6) is 11.5 Å². The molecule has 1 unspecified atom stereocenters. The minimum absolute atomic E-state index is 0.128. The van der Waals surface area contributed by atoms with Crippen molar-refractivity contribution in [2.75, 3.05) is 27.4 Å². The lowest BCUT2D eigenvalue weighted by atomic mass is 9.84. The summed E-state index contributed by atoms with van der Waals surface area (Å²) in [7, 11) is 3.21. The Bertz CT molecular complexity index is 1300. The maximum atomic E-state index is 13.9. The van der Waals surface area contributed by atoms with Crippen molar-refractivity contribution in [1.29, 1.82) is 0 Å². The first-order valence-electron chi connectivity index (χ1n) is 13.2. The minimum atomic E-state index is -1.54. The molecule has 7 heteroatoms. The Kier molecular flexibility index (Phi) is 8.31. The molecule has 4 aromatic rings. The first-order valence-corrected chi connectivity index (χ1v) is 13.2. The van der Waals surface area contributed by atoms with Crippen LogP contribution in [0.15, 0.2) is 89.3 Å². The molecule has 3 aromatic carbocycles. The third-order valence-corrected chi connectivity index (χ3v) is 7.19. The monoisotopic (exact) mass is 531 g/mol. The Morgan fingerprint density at radius 1 is 0.897 bits per heavy atom. The van der Waals surface area contributed by atoms with E-state index in [9.17, 15) is 9.50 Å². The number of rotatable bonds is 11. The fraction of sp³-hybridized carbons (Fsp3) is 0.312. The summed E-state index contributed by atoms with van der Waals surface area (Å²) in [4.78, 5) is 2.20. The maximum absolute atomic E-state index is 13.9. The molecule has 1 saturated heterocycles. The number of ether oxygens (including phenoxy) is 3. The van der Waals surface area contributed by atoms with E-state index in [1.807, 2.05) is 66.7 Å². The van der Waals surface area contributed by atoms with E-state index in [1.165, 1.54) is 6.07 Å². The number of nitrogens with zero attached hydrogens (tertiary/aromatic N) is 1. The summed E-state index contributed by atoms with van der Waals surface area (Å²) in [6, 6.07) is 25.0. The van der Waals surface area contributed by atoms with Crippen LogP contribution >= 0.6 is 0 Å². The molecule has 0 amide bonds. The zero-order valence-corrected chi connectivity index (χ0v) is 22.3. The van der Waals surface area contributed by atoms with Gasteiger partial charge in [0.1, 0.15) is 28.8 Å². The van der Waals surface area contributed by atoms with Gasteiger partial charge in [0.2, 0.25) is 0 Å². The average molecular weight is 532 g/mol. The van der Waals surface area contributed by atoms with Crippen LogP contribution in [0.4, 0.5) is 4.39 Å². The highest BCUT2D eigenvalue weighted by Gasteiger charge is 2.37. The maximum Gasteiger partial charge on any atom is 0.173 e. The highest BCUT2D eigenvalue weighted by Crippen LogP contribution is 2.39. The second-order valence-corrected chi connectivity index (χ2v) is 9.87. The molecule has 5 rings (SSSR count). The summed E-state index contributed by atoms with van der Waals surface area (Å²) in [5.74, 6) is 2.22. The predicted octanol–water partition coefficient (Wildman–Crippen LogP) is 5.90. The van der Waals surface area contributed by atoms with Crippen LogP contribution in [0.25, 0.3) is 0 Å². The van der Waals surface area contributed by atoms with Gasteiger partial charge in [-0.25, -0.2) is 4.39 Å². The second-order valence-electron chi connectivity index (χ2n) is 9.87. The van der Waals surface area contributed by atoms with Gasteiger partial charge >= 0.3 is 0 Å². The quantitative estimate of drug-likeness (QED) is 0.260. The molecule has 1 atom stereocenters. The Hall–Kier alpha value is -3.65. The Balaban J connectivity index is 1.45. The third-order valence-electron chi connectivity index (χ3n) is 7.19. The molecule has 0 spiro atoms.